The fourth-order valence-electron chi connectivity index (χ4n) is 2.35. The highest BCUT2D eigenvalue weighted by Gasteiger charge is 2.17. The fraction of sp³-hybridized carbons (Fsp3) is 0.438. The number of carbonyl (C=O) groups excluding carboxylic acids is 1. The van der Waals surface area contributed by atoms with Crippen LogP contribution in [0.4, 0.5) is 0 Å². The average molecular weight is 316 g/mol. The zero-order chi connectivity index (χ0) is 16.1. The number of amides is 1. The summed E-state index contributed by atoms with van der Waals surface area (Å²) >= 11 is 1.68. The van der Waals surface area contributed by atoms with Crippen molar-refractivity contribution >= 4 is 28.7 Å². The maximum absolute atomic E-state index is 12.4. The van der Waals surface area contributed by atoms with Crippen LogP contribution < -0.4 is 0 Å². The van der Waals surface area contributed by atoms with Gasteiger partial charge in [0.2, 0.25) is 5.91 Å². The number of thioether (sulfide) groups is 1. The van der Waals surface area contributed by atoms with Crippen molar-refractivity contribution in [1.29, 1.82) is 5.26 Å². The van der Waals surface area contributed by atoms with Gasteiger partial charge in [0.15, 0.2) is 0 Å². The van der Waals surface area contributed by atoms with E-state index in [0.29, 0.717) is 6.54 Å². The molecule has 0 fully saturated rings. The first-order valence-electron chi connectivity index (χ1n) is 7.13. The van der Waals surface area contributed by atoms with Crippen LogP contribution in [-0.2, 0) is 17.1 Å². The number of likely N-dealkylation sites (N-methyl/N-ethyl adjacent to an activating group) is 1. The topological polar surface area (TPSA) is 61.9 Å². The van der Waals surface area contributed by atoms with Gasteiger partial charge < -0.3 is 9.47 Å². The average Bonchev–Trinajstić information content (AvgIpc) is 2.85. The molecule has 0 unspecified atom stereocenters. The predicted molar refractivity (Wildman–Crippen MR) is 89.4 cm³/mol. The van der Waals surface area contributed by atoms with Gasteiger partial charge in [-0.3, -0.25) is 4.79 Å². The smallest absolute Gasteiger partial charge is 0.242 e. The molecule has 0 radical (unpaired) electrons. The molecule has 0 aliphatic rings. The third-order valence-electron chi connectivity index (χ3n) is 3.49. The number of hydrogen-bond acceptors (Lipinski definition) is 4. The number of hydrogen-bond donors (Lipinski definition) is 0. The standard InChI is InChI=1S/C16H20N4OS/c1-12(8-17)9-19(2)16(21)10-20-14-7-5-4-6-13(14)18-15(20)11-22-3/h4-7,12H,9-11H2,1-3H3/t12-/m1/s1. The molecule has 6 heteroatoms. The summed E-state index contributed by atoms with van der Waals surface area (Å²) in [5.41, 5.74) is 1.88. The molecule has 1 atom stereocenters. The SMILES string of the molecule is CSCc1nc2ccccc2n1CC(=O)N(C)C[C@H](C)C#N. The minimum absolute atomic E-state index is 0.00685. The van der Waals surface area contributed by atoms with E-state index in [9.17, 15) is 4.79 Å². The lowest BCUT2D eigenvalue weighted by molar-refractivity contribution is -0.130. The second-order valence-electron chi connectivity index (χ2n) is 5.34. The van der Waals surface area contributed by atoms with E-state index in [1.54, 1.807) is 23.7 Å². The number of fused-ring (bicyclic) bond motifs is 1. The first-order valence-corrected chi connectivity index (χ1v) is 8.52. The van der Waals surface area contributed by atoms with Gasteiger partial charge in [0.25, 0.3) is 0 Å². The van der Waals surface area contributed by atoms with Gasteiger partial charge in [0.05, 0.1) is 28.8 Å². The Labute approximate surface area is 134 Å². The zero-order valence-electron chi connectivity index (χ0n) is 13.1. The van der Waals surface area contributed by atoms with Crippen molar-refractivity contribution < 1.29 is 4.79 Å². The molecule has 1 aromatic carbocycles. The Morgan fingerprint density at radius 1 is 1.50 bits per heavy atom. The maximum atomic E-state index is 12.4. The third kappa shape index (κ3) is 3.60. The molecule has 2 aromatic rings. The molecule has 0 saturated carbocycles. The predicted octanol–water partition coefficient (Wildman–Crippen LogP) is 2.52. The second-order valence-corrected chi connectivity index (χ2v) is 6.21. The fourth-order valence-corrected chi connectivity index (χ4v) is 2.83. The zero-order valence-corrected chi connectivity index (χ0v) is 13.9. The molecule has 0 spiro atoms. The van der Waals surface area contributed by atoms with Crippen LogP contribution in [0.2, 0.25) is 0 Å². The van der Waals surface area contributed by atoms with Crippen molar-refractivity contribution in [3.05, 3.63) is 30.1 Å². The normalized spacial score (nSPS) is 12.1. The number of para-hydroxylation sites is 2. The van der Waals surface area contributed by atoms with E-state index in [1.807, 2.05) is 42.0 Å². The van der Waals surface area contributed by atoms with E-state index in [0.717, 1.165) is 22.6 Å². The van der Waals surface area contributed by atoms with Crippen LogP contribution in [0, 0.1) is 17.2 Å². The number of imidazole rings is 1. The number of nitriles is 1. The van der Waals surface area contributed by atoms with Gasteiger partial charge in [-0.05, 0) is 25.3 Å². The molecular formula is C16H20N4OS. The second kappa shape index (κ2) is 7.32. The largest absolute Gasteiger partial charge is 0.343 e. The van der Waals surface area contributed by atoms with Crippen molar-refractivity contribution in [2.24, 2.45) is 5.92 Å². The van der Waals surface area contributed by atoms with Gasteiger partial charge in [-0.2, -0.15) is 17.0 Å². The Morgan fingerprint density at radius 2 is 2.23 bits per heavy atom. The van der Waals surface area contributed by atoms with Crippen molar-refractivity contribution in [2.75, 3.05) is 19.8 Å². The molecule has 1 aromatic heterocycles. The molecular weight excluding hydrogens is 296 g/mol. The molecule has 1 heterocycles. The van der Waals surface area contributed by atoms with Gasteiger partial charge in [-0.25, -0.2) is 4.98 Å². The Bertz CT molecular complexity index is 704. The Kier molecular flexibility index (Phi) is 5.45. The lowest BCUT2D eigenvalue weighted by atomic mass is 10.2. The van der Waals surface area contributed by atoms with E-state index < -0.39 is 0 Å². The van der Waals surface area contributed by atoms with Crippen LogP contribution in [0.25, 0.3) is 11.0 Å². The molecule has 1 amide bonds. The first-order chi connectivity index (χ1) is 10.6. The van der Waals surface area contributed by atoms with Gasteiger partial charge in [-0.15, -0.1) is 0 Å². The summed E-state index contributed by atoms with van der Waals surface area (Å²) in [4.78, 5) is 18.7. The number of carbonyl (C=O) groups is 1. The summed E-state index contributed by atoms with van der Waals surface area (Å²) in [5, 5.41) is 8.87. The van der Waals surface area contributed by atoms with Crippen molar-refractivity contribution in [3.8, 4) is 6.07 Å². The Morgan fingerprint density at radius 3 is 2.91 bits per heavy atom. The summed E-state index contributed by atoms with van der Waals surface area (Å²) in [6.45, 7) is 2.51. The molecule has 0 N–H and O–H groups in total. The maximum Gasteiger partial charge on any atom is 0.242 e. The molecule has 0 aliphatic carbocycles. The lowest BCUT2D eigenvalue weighted by Gasteiger charge is -2.19. The third-order valence-corrected chi connectivity index (χ3v) is 4.04. The van der Waals surface area contributed by atoms with Gasteiger partial charge in [-0.1, -0.05) is 12.1 Å². The van der Waals surface area contributed by atoms with Crippen LogP contribution in [0.1, 0.15) is 12.7 Å². The molecule has 0 saturated heterocycles. The minimum atomic E-state index is -0.167. The Balaban J connectivity index is 2.24. The van der Waals surface area contributed by atoms with E-state index in [-0.39, 0.29) is 18.4 Å². The quantitative estimate of drug-likeness (QED) is 0.821. The highest BCUT2D eigenvalue weighted by Crippen LogP contribution is 2.19. The number of nitrogens with zero attached hydrogens (tertiary/aromatic N) is 4. The van der Waals surface area contributed by atoms with Gasteiger partial charge >= 0.3 is 0 Å². The van der Waals surface area contributed by atoms with Crippen molar-refractivity contribution in [2.45, 2.75) is 19.2 Å². The Hall–Kier alpha value is -2.00. The minimum Gasteiger partial charge on any atom is -0.343 e. The lowest BCUT2D eigenvalue weighted by Crippen LogP contribution is -2.33. The molecule has 5 nitrogen and oxygen atoms in total. The monoisotopic (exact) mass is 316 g/mol. The molecule has 2 rings (SSSR count). The van der Waals surface area contributed by atoms with Crippen molar-refractivity contribution in [1.82, 2.24) is 14.5 Å². The number of benzene rings is 1. The van der Waals surface area contributed by atoms with Crippen LogP contribution in [0.5, 0.6) is 0 Å². The van der Waals surface area contributed by atoms with E-state index in [2.05, 4.69) is 11.1 Å². The summed E-state index contributed by atoms with van der Waals surface area (Å²) < 4.78 is 1.97. The number of aromatic nitrogens is 2. The van der Waals surface area contributed by atoms with E-state index >= 15 is 0 Å². The van der Waals surface area contributed by atoms with Crippen molar-refractivity contribution in [3.63, 3.8) is 0 Å². The van der Waals surface area contributed by atoms with E-state index in [1.165, 1.54) is 0 Å². The summed E-state index contributed by atoms with van der Waals surface area (Å²) in [6, 6.07) is 10.0. The van der Waals surface area contributed by atoms with Crippen LogP contribution in [0.15, 0.2) is 24.3 Å². The molecule has 0 bridgehead atoms. The van der Waals surface area contributed by atoms with Gasteiger partial charge in [0.1, 0.15) is 12.4 Å². The van der Waals surface area contributed by atoms with Crippen LogP contribution >= 0.6 is 11.8 Å². The van der Waals surface area contributed by atoms with Crippen LogP contribution in [0.3, 0.4) is 0 Å². The summed E-state index contributed by atoms with van der Waals surface area (Å²) in [6.07, 6.45) is 2.02. The first kappa shape index (κ1) is 16.4. The summed E-state index contributed by atoms with van der Waals surface area (Å²) in [5.74, 6) is 1.50. The number of rotatable bonds is 6. The highest BCUT2D eigenvalue weighted by molar-refractivity contribution is 7.97. The summed E-state index contributed by atoms with van der Waals surface area (Å²) in [7, 11) is 1.74. The molecule has 22 heavy (non-hydrogen) atoms. The molecule has 116 valence electrons. The van der Waals surface area contributed by atoms with E-state index in [4.69, 9.17) is 5.26 Å². The van der Waals surface area contributed by atoms with Gasteiger partial charge in [0, 0.05) is 13.6 Å². The molecule has 0 aliphatic heterocycles. The highest BCUT2D eigenvalue weighted by atomic mass is 32.2. The van der Waals surface area contributed by atoms with Crippen LogP contribution in [-0.4, -0.2) is 40.2 Å².